The van der Waals surface area contributed by atoms with E-state index < -0.39 is 0 Å². The molecule has 0 radical (unpaired) electrons. The Morgan fingerprint density at radius 2 is 2.00 bits per heavy atom. The Morgan fingerprint density at radius 1 is 1.33 bits per heavy atom. The van der Waals surface area contributed by atoms with Crippen molar-refractivity contribution in [2.45, 2.75) is 19.3 Å². The lowest BCUT2D eigenvalue weighted by Gasteiger charge is -1.93. The second-order valence-corrected chi connectivity index (χ2v) is 4.79. The van der Waals surface area contributed by atoms with Crippen molar-refractivity contribution in [1.82, 2.24) is 0 Å². The number of nitrogens with zero attached hydrogens (tertiary/aromatic N) is 1. The smallest absolute Gasteiger partial charge is 0.121 e. The van der Waals surface area contributed by atoms with Crippen molar-refractivity contribution >= 4 is 10.9 Å². The Hall–Kier alpha value is -0.160. The van der Waals surface area contributed by atoms with Crippen LogP contribution in [0.4, 0.5) is 0 Å². The molecule has 1 aliphatic heterocycles. The largest absolute Gasteiger partial charge is 0.198 e. The van der Waals surface area contributed by atoms with E-state index in [1.807, 2.05) is 0 Å². The molecule has 0 N–H and O–H groups in total. The molecule has 0 unspecified atom stereocenters. The van der Waals surface area contributed by atoms with Crippen molar-refractivity contribution < 1.29 is 0 Å². The quantitative estimate of drug-likeness (QED) is 0.533. The molecule has 9 heavy (non-hydrogen) atoms. The molecule has 1 nitrogen and oxygen atoms in total. The maximum absolute atomic E-state index is 8.28. The first kappa shape index (κ1) is 6.95. The standard InChI is InChI=1S/C7H12NS/c8-4-3-7-9-5-1-2-6-9/h1-3,5-7H2/q+1. The van der Waals surface area contributed by atoms with Crippen LogP contribution < -0.4 is 0 Å². The fourth-order valence-electron chi connectivity index (χ4n) is 1.11. The maximum Gasteiger partial charge on any atom is 0.121 e. The van der Waals surface area contributed by atoms with Gasteiger partial charge in [0, 0.05) is 0 Å². The predicted octanol–water partition coefficient (Wildman–Crippen LogP) is 1.31. The van der Waals surface area contributed by atoms with E-state index in [0.29, 0.717) is 10.9 Å². The van der Waals surface area contributed by atoms with Crippen molar-refractivity contribution in [3.63, 3.8) is 0 Å². The van der Waals surface area contributed by atoms with Crippen LogP contribution in [0.1, 0.15) is 19.3 Å². The molecular weight excluding hydrogens is 130 g/mol. The Bertz CT molecular complexity index is 111. The maximum atomic E-state index is 8.28. The SMILES string of the molecule is N#CCC[S+]1CCCC1. The van der Waals surface area contributed by atoms with Crippen LogP contribution >= 0.6 is 0 Å². The highest BCUT2D eigenvalue weighted by Crippen LogP contribution is 2.13. The highest BCUT2D eigenvalue weighted by atomic mass is 32.2. The van der Waals surface area contributed by atoms with Crippen molar-refractivity contribution in [3.8, 4) is 6.07 Å². The third-order valence-corrected chi connectivity index (χ3v) is 4.13. The molecule has 0 aromatic heterocycles. The molecule has 0 aliphatic carbocycles. The van der Waals surface area contributed by atoms with Gasteiger partial charge in [-0.15, -0.1) is 0 Å². The van der Waals surface area contributed by atoms with Crippen LogP contribution in [-0.2, 0) is 10.9 Å². The Morgan fingerprint density at radius 3 is 2.56 bits per heavy atom. The van der Waals surface area contributed by atoms with Crippen molar-refractivity contribution in [2.75, 3.05) is 17.3 Å². The van der Waals surface area contributed by atoms with E-state index in [9.17, 15) is 0 Å². The summed E-state index contributed by atoms with van der Waals surface area (Å²) >= 11 is 0. The Labute approximate surface area is 59.4 Å². The van der Waals surface area contributed by atoms with Gasteiger partial charge in [0.15, 0.2) is 0 Å². The lowest BCUT2D eigenvalue weighted by Crippen LogP contribution is -2.07. The molecule has 1 rings (SSSR count). The van der Waals surface area contributed by atoms with Gasteiger partial charge in [0.25, 0.3) is 0 Å². The zero-order valence-corrected chi connectivity index (χ0v) is 6.41. The molecular formula is C7H12NS+. The highest BCUT2D eigenvalue weighted by Gasteiger charge is 2.22. The molecule has 0 amide bonds. The van der Waals surface area contributed by atoms with E-state index in [1.165, 1.54) is 30.1 Å². The molecule has 0 spiro atoms. The van der Waals surface area contributed by atoms with Crippen LogP contribution in [-0.4, -0.2) is 17.3 Å². The summed E-state index contributed by atoms with van der Waals surface area (Å²) in [6, 6.07) is 2.20. The first-order valence-corrected chi connectivity index (χ1v) is 5.18. The second-order valence-electron chi connectivity index (χ2n) is 2.34. The average Bonchev–Trinajstić information content (AvgIpc) is 2.34. The van der Waals surface area contributed by atoms with Gasteiger partial charge in [-0.05, 0) is 23.7 Å². The summed E-state index contributed by atoms with van der Waals surface area (Å²) in [7, 11) is 0.650. The molecule has 0 bridgehead atoms. The Kier molecular flexibility index (Phi) is 2.93. The first-order valence-electron chi connectivity index (χ1n) is 3.44. The van der Waals surface area contributed by atoms with Gasteiger partial charge < -0.3 is 0 Å². The van der Waals surface area contributed by atoms with E-state index in [-0.39, 0.29) is 0 Å². The summed E-state index contributed by atoms with van der Waals surface area (Å²) in [5.41, 5.74) is 0. The zero-order chi connectivity index (χ0) is 6.53. The van der Waals surface area contributed by atoms with Crippen molar-refractivity contribution in [3.05, 3.63) is 0 Å². The predicted molar refractivity (Wildman–Crippen MR) is 41.4 cm³/mol. The third-order valence-electron chi connectivity index (χ3n) is 1.62. The van der Waals surface area contributed by atoms with Gasteiger partial charge in [-0.1, -0.05) is 0 Å². The molecule has 0 aromatic carbocycles. The van der Waals surface area contributed by atoms with E-state index in [1.54, 1.807) is 0 Å². The van der Waals surface area contributed by atoms with Gasteiger partial charge >= 0.3 is 0 Å². The lowest BCUT2D eigenvalue weighted by atomic mass is 10.4. The fraction of sp³-hybridized carbons (Fsp3) is 0.857. The van der Waals surface area contributed by atoms with Gasteiger partial charge in [0.05, 0.1) is 12.5 Å². The number of hydrogen-bond donors (Lipinski definition) is 0. The summed E-state index contributed by atoms with van der Waals surface area (Å²) in [6.45, 7) is 0. The second kappa shape index (κ2) is 3.79. The number of nitriles is 1. The summed E-state index contributed by atoms with van der Waals surface area (Å²) in [4.78, 5) is 0. The summed E-state index contributed by atoms with van der Waals surface area (Å²) < 4.78 is 0. The first-order chi connectivity index (χ1) is 4.43. The molecule has 0 saturated carbocycles. The van der Waals surface area contributed by atoms with Gasteiger partial charge in [0.1, 0.15) is 17.3 Å². The van der Waals surface area contributed by atoms with E-state index >= 15 is 0 Å². The van der Waals surface area contributed by atoms with Gasteiger partial charge in [0.2, 0.25) is 0 Å². The summed E-state index contributed by atoms with van der Waals surface area (Å²) in [5.74, 6) is 3.99. The molecule has 0 aromatic rings. The average molecular weight is 142 g/mol. The van der Waals surface area contributed by atoms with Crippen molar-refractivity contribution in [1.29, 1.82) is 5.26 Å². The summed E-state index contributed by atoms with van der Waals surface area (Å²) in [6.07, 6.45) is 3.60. The van der Waals surface area contributed by atoms with Gasteiger partial charge in [-0.3, -0.25) is 0 Å². The van der Waals surface area contributed by atoms with E-state index in [2.05, 4.69) is 6.07 Å². The number of hydrogen-bond acceptors (Lipinski definition) is 1. The summed E-state index contributed by atoms with van der Waals surface area (Å²) in [5, 5.41) is 8.28. The zero-order valence-electron chi connectivity index (χ0n) is 5.60. The third kappa shape index (κ3) is 2.28. The van der Waals surface area contributed by atoms with Crippen LogP contribution in [0.3, 0.4) is 0 Å². The van der Waals surface area contributed by atoms with Crippen LogP contribution in [0, 0.1) is 11.3 Å². The highest BCUT2D eigenvalue weighted by molar-refractivity contribution is 7.97. The molecule has 1 fully saturated rings. The molecule has 2 heteroatoms. The van der Waals surface area contributed by atoms with Gasteiger partial charge in [-0.25, -0.2) is 0 Å². The van der Waals surface area contributed by atoms with Gasteiger partial charge in [-0.2, -0.15) is 5.26 Å². The van der Waals surface area contributed by atoms with Crippen LogP contribution in [0.15, 0.2) is 0 Å². The molecule has 0 atom stereocenters. The topological polar surface area (TPSA) is 23.8 Å². The van der Waals surface area contributed by atoms with E-state index in [0.717, 1.165) is 6.42 Å². The number of rotatable bonds is 2. The normalized spacial score (nSPS) is 19.9. The minimum Gasteiger partial charge on any atom is -0.198 e. The minimum absolute atomic E-state index is 0.650. The van der Waals surface area contributed by atoms with Crippen molar-refractivity contribution in [2.24, 2.45) is 0 Å². The van der Waals surface area contributed by atoms with Crippen LogP contribution in [0.5, 0.6) is 0 Å². The lowest BCUT2D eigenvalue weighted by molar-refractivity contribution is 0.949. The van der Waals surface area contributed by atoms with Crippen LogP contribution in [0.2, 0.25) is 0 Å². The molecule has 1 saturated heterocycles. The Balaban J connectivity index is 2.06. The fourth-order valence-corrected chi connectivity index (χ4v) is 3.33. The molecule has 50 valence electrons. The molecule has 1 aliphatic rings. The monoisotopic (exact) mass is 142 g/mol. The minimum atomic E-state index is 0.650. The molecule has 1 heterocycles. The van der Waals surface area contributed by atoms with E-state index in [4.69, 9.17) is 5.26 Å². The van der Waals surface area contributed by atoms with Crippen LogP contribution in [0.25, 0.3) is 0 Å².